The van der Waals surface area contributed by atoms with Crippen LogP contribution in [0.1, 0.15) is 0 Å². The second-order valence-corrected chi connectivity index (χ2v) is 2.44. The Morgan fingerprint density at radius 3 is 2.64 bits per heavy atom. The number of benzene rings is 1. The number of nitrogens with two attached hydrogens (primary N) is 1. The van der Waals surface area contributed by atoms with E-state index in [-0.39, 0.29) is 5.75 Å². The first-order chi connectivity index (χ1) is 5.20. The molecule has 0 saturated heterocycles. The molecule has 0 aliphatic rings. The van der Waals surface area contributed by atoms with Crippen LogP contribution in [0.5, 0.6) is 5.75 Å². The van der Waals surface area contributed by atoms with Crippen molar-refractivity contribution >= 4 is 17.0 Å². The molecule has 0 aliphatic heterocycles. The van der Waals surface area contributed by atoms with Gasteiger partial charge in [0.2, 0.25) is 0 Å². The fourth-order valence-corrected chi connectivity index (χ4v) is 0.939. The zero-order valence-corrected chi connectivity index (χ0v) is 6.38. The Bertz CT molecular complexity index is 276. The molecule has 0 saturated carbocycles. The van der Waals surface area contributed by atoms with E-state index in [9.17, 15) is 4.21 Å². The van der Waals surface area contributed by atoms with E-state index in [1.165, 1.54) is 6.07 Å². The highest BCUT2D eigenvalue weighted by Gasteiger charge is 2.00. The van der Waals surface area contributed by atoms with Gasteiger partial charge in [-0.15, -0.1) is 0 Å². The van der Waals surface area contributed by atoms with Crippen LogP contribution in [0.15, 0.2) is 24.3 Å². The molecule has 60 valence electrons. The molecule has 0 spiro atoms. The molecule has 1 aromatic rings. The highest BCUT2D eigenvalue weighted by Crippen LogP contribution is 2.19. The van der Waals surface area contributed by atoms with Crippen molar-refractivity contribution < 1.29 is 12.9 Å². The second kappa shape index (κ2) is 3.36. The molecule has 4 nitrogen and oxygen atoms in total. The van der Waals surface area contributed by atoms with Crippen molar-refractivity contribution in [1.82, 2.24) is 0 Å². The lowest BCUT2D eigenvalue weighted by Crippen LogP contribution is -1.99. The van der Waals surface area contributed by atoms with Crippen LogP contribution in [0.2, 0.25) is 0 Å². The predicted octanol–water partition coefficient (Wildman–Crippen LogP) is 0.784. The van der Waals surface area contributed by atoms with Crippen LogP contribution in [-0.4, -0.2) is 8.76 Å². The molecule has 5 heteroatoms. The molecule has 1 unspecified atom stereocenters. The number of rotatable bonds is 2. The molecule has 0 aliphatic carbocycles. The number of para-hydroxylation sites is 2. The molecule has 1 aromatic carbocycles. The molecule has 0 radical (unpaired) electrons. The molecule has 0 heterocycles. The quantitative estimate of drug-likeness (QED) is 0.512. The van der Waals surface area contributed by atoms with Gasteiger partial charge in [-0.2, -0.15) is 4.21 Å². The van der Waals surface area contributed by atoms with Crippen LogP contribution in [0.25, 0.3) is 0 Å². The maximum absolute atomic E-state index is 10.2. The van der Waals surface area contributed by atoms with Crippen molar-refractivity contribution in [2.24, 2.45) is 0 Å². The van der Waals surface area contributed by atoms with E-state index in [2.05, 4.69) is 4.18 Å². The van der Waals surface area contributed by atoms with Gasteiger partial charge in [-0.25, -0.2) is 0 Å². The van der Waals surface area contributed by atoms with Crippen LogP contribution in [0.3, 0.4) is 0 Å². The van der Waals surface area contributed by atoms with Gasteiger partial charge in [0.25, 0.3) is 0 Å². The molecule has 1 rings (SSSR count). The molecular formula is C6H7NO3S. The smallest absolute Gasteiger partial charge is 0.357 e. The van der Waals surface area contributed by atoms with Crippen LogP contribution in [0, 0.1) is 0 Å². The van der Waals surface area contributed by atoms with Gasteiger partial charge in [-0.1, -0.05) is 12.1 Å². The van der Waals surface area contributed by atoms with Crippen LogP contribution < -0.4 is 9.92 Å². The minimum atomic E-state index is -2.31. The van der Waals surface area contributed by atoms with Crippen LogP contribution >= 0.6 is 0 Å². The minimum absolute atomic E-state index is 0.216. The van der Waals surface area contributed by atoms with Gasteiger partial charge in [0, 0.05) is 0 Å². The van der Waals surface area contributed by atoms with Gasteiger partial charge in [-0.3, -0.25) is 4.55 Å². The third-order valence-electron chi connectivity index (χ3n) is 1.08. The summed E-state index contributed by atoms with van der Waals surface area (Å²) in [5.41, 5.74) is 5.74. The number of nitrogen functional groups attached to an aromatic ring is 1. The number of hydrogen-bond acceptors (Lipinski definition) is 3. The van der Waals surface area contributed by atoms with Crippen molar-refractivity contribution in [3.05, 3.63) is 24.3 Å². The fraction of sp³-hybridized carbons (Fsp3) is 0. The van der Waals surface area contributed by atoms with Crippen molar-refractivity contribution in [1.29, 1.82) is 0 Å². The fourth-order valence-electron chi connectivity index (χ4n) is 0.633. The Hall–Kier alpha value is -1.07. The Labute approximate surface area is 66.5 Å². The van der Waals surface area contributed by atoms with E-state index in [0.717, 1.165) is 0 Å². The maximum Gasteiger partial charge on any atom is 0.357 e. The predicted molar refractivity (Wildman–Crippen MR) is 42.3 cm³/mol. The van der Waals surface area contributed by atoms with E-state index < -0.39 is 11.4 Å². The standard InChI is InChI=1S/C6H7NO3S/c7-5-3-1-2-4-6(5)10-11(8)9/h1-4H,7H2,(H,8,9). The lowest BCUT2D eigenvalue weighted by atomic mass is 10.3. The van der Waals surface area contributed by atoms with E-state index in [4.69, 9.17) is 10.3 Å². The first kappa shape index (κ1) is 8.03. The second-order valence-electron chi connectivity index (χ2n) is 1.84. The third kappa shape index (κ3) is 2.21. The van der Waals surface area contributed by atoms with Gasteiger partial charge < -0.3 is 9.92 Å². The summed E-state index contributed by atoms with van der Waals surface area (Å²) in [5, 5.41) is 0. The van der Waals surface area contributed by atoms with E-state index >= 15 is 0 Å². The third-order valence-corrected chi connectivity index (χ3v) is 1.40. The highest BCUT2D eigenvalue weighted by atomic mass is 32.2. The van der Waals surface area contributed by atoms with E-state index in [1.807, 2.05) is 0 Å². The number of anilines is 1. The minimum Gasteiger partial charge on any atom is -0.396 e. The maximum atomic E-state index is 10.2. The monoisotopic (exact) mass is 173 g/mol. The van der Waals surface area contributed by atoms with Gasteiger partial charge in [0.15, 0.2) is 5.75 Å². The normalized spacial score (nSPS) is 12.5. The highest BCUT2D eigenvalue weighted by molar-refractivity contribution is 7.74. The summed E-state index contributed by atoms with van der Waals surface area (Å²) in [5.74, 6) is 0.216. The van der Waals surface area contributed by atoms with E-state index in [1.54, 1.807) is 18.2 Å². The lowest BCUT2D eigenvalue weighted by molar-refractivity contribution is 0.459. The summed E-state index contributed by atoms with van der Waals surface area (Å²) in [6.07, 6.45) is 0. The first-order valence-corrected chi connectivity index (χ1v) is 3.87. The van der Waals surface area contributed by atoms with Crippen molar-refractivity contribution in [2.45, 2.75) is 0 Å². The van der Waals surface area contributed by atoms with E-state index in [0.29, 0.717) is 5.69 Å². The van der Waals surface area contributed by atoms with Crippen LogP contribution in [0.4, 0.5) is 5.69 Å². The lowest BCUT2D eigenvalue weighted by Gasteiger charge is -2.01. The largest absolute Gasteiger partial charge is 0.396 e. The Morgan fingerprint density at radius 2 is 2.09 bits per heavy atom. The van der Waals surface area contributed by atoms with Gasteiger partial charge in [0.1, 0.15) is 0 Å². The van der Waals surface area contributed by atoms with Gasteiger partial charge >= 0.3 is 11.4 Å². The molecule has 1 atom stereocenters. The molecular weight excluding hydrogens is 166 g/mol. The topological polar surface area (TPSA) is 72.5 Å². The first-order valence-electron chi connectivity index (χ1n) is 2.84. The SMILES string of the molecule is Nc1ccccc1OS(=O)O. The zero-order chi connectivity index (χ0) is 8.27. The van der Waals surface area contributed by atoms with Gasteiger partial charge in [0.05, 0.1) is 5.69 Å². The van der Waals surface area contributed by atoms with Crippen molar-refractivity contribution in [3.8, 4) is 5.75 Å². The molecule has 0 bridgehead atoms. The van der Waals surface area contributed by atoms with Crippen molar-refractivity contribution in [2.75, 3.05) is 5.73 Å². The Kier molecular flexibility index (Phi) is 2.45. The summed E-state index contributed by atoms with van der Waals surface area (Å²) in [7, 11) is 0. The average molecular weight is 173 g/mol. The Morgan fingerprint density at radius 1 is 1.45 bits per heavy atom. The summed E-state index contributed by atoms with van der Waals surface area (Å²) in [4.78, 5) is 0. The summed E-state index contributed by atoms with van der Waals surface area (Å²) in [6, 6.07) is 6.48. The summed E-state index contributed by atoms with van der Waals surface area (Å²) < 4.78 is 22.9. The molecule has 11 heavy (non-hydrogen) atoms. The average Bonchev–Trinajstić information content (AvgIpc) is 1.93. The molecule has 0 aromatic heterocycles. The molecule has 3 N–H and O–H groups in total. The number of hydrogen-bond donors (Lipinski definition) is 2. The van der Waals surface area contributed by atoms with Gasteiger partial charge in [-0.05, 0) is 12.1 Å². The Balaban J connectivity index is 2.86. The molecule has 0 fully saturated rings. The molecule has 0 amide bonds. The zero-order valence-electron chi connectivity index (χ0n) is 5.56. The summed E-state index contributed by atoms with van der Waals surface area (Å²) in [6.45, 7) is 0. The summed E-state index contributed by atoms with van der Waals surface area (Å²) >= 11 is -2.31. The van der Waals surface area contributed by atoms with Crippen LogP contribution in [-0.2, 0) is 11.4 Å². The van der Waals surface area contributed by atoms with Crippen molar-refractivity contribution in [3.63, 3.8) is 0 Å².